The quantitative estimate of drug-likeness (QED) is 0.465. The van der Waals surface area contributed by atoms with Gasteiger partial charge < -0.3 is 5.11 Å². The maximum absolute atomic E-state index is 10.1. The summed E-state index contributed by atoms with van der Waals surface area (Å²) in [6.07, 6.45) is -0.300. The minimum atomic E-state index is -3.29. The van der Waals surface area contributed by atoms with Crippen LogP contribution in [0, 0.1) is 6.92 Å². The minimum absolute atomic E-state index is 0.946. The van der Waals surface area contributed by atoms with Crippen LogP contribution in [0.15, 0.2) is 0 Å². The minimum Gasteiger partial charge on any atom is -0.378 e. The van der Waals surface area contributed by atoms with Crippen molar-refractivity contribution in [2.45, 2.75) is 6.23 Å². The largest absolute Gasteiger partial charge is 0.378 e. The van der Waals surface area contributed by atoms with Gasteiger partial charge >= 0.3 is 0 Å². The van der Waals surface area contributed by atoms with Gasteiger partial charge in [0.05, 0.1) is 6.26 Å². The molecule has 0 fully saturated rings. The Morgan fingerprint density at radius 1 is 1.75 bits per heavy atom. The average Bonchev–Trinajstić information content (AvgIpc) is 1.21. The molecule has 8 heavy (non-hydrogen) atoms. The van der Waals surface area contributed by atoms with E-state index in [1.54, 1.807) is 4.72 Å². The Morgan fingerprint density at radius 2 is 2.12 bits per heavy atom. The topological polar surface area (TPSA) is 66.4 Å². The third-order valence-corrected chi connectivity index (χ3v) is 1.05. The lowest BCUT2D eigenvalue weighted by molar-refractivity contribution is 0.210. The van der Waals surface area contributed by atoms with Crippen LogP contribution in [0.3, 0.4) is 0 Å². The molecule has 0 aliphatic carbocycles. The van der Waals surface area contributed by atoms with Gasteiger partial charge in [-0.1, -0.05) is 0 Å². The van der Waals surface area contributed by atoms with E-state index in [0.717, 1.165) is 6.26 Å². The summed E-state index contributed by atoms with van der Waals surface area (Å²) in [5, 5.41) is 8.29. The summed E-state index contributed by atoms with van der Waals surface area (Å²) in [5.74, 6) is 0. The van der Waals surface area contributed by atoms with Gasteiger partial charge in [0.1, 0.15) is 6.23 Å². The van der Waals surface area contributed by atoms with E-state index in [0.29, 0.717) is 0 Å². The molecule has 0 saturated heterocycles. The summed E-state index contributed by atoms with van der Waals surface area (Å²) in [5.41, 5.74) is 0. The molecule has 1 unspecified atom stereocenters. The third-order valence-electron chi connectivity index (χ3n) is 0.350. The Labute approximate surface area is 48.6 Å². The zero-order valence-corrected chi connectivity index (χ0v) is 5.27. The molecule has 49 valence electrons. The molecular formula is C3H8NO3S. The molecule has 0 bridgehead atoms. The summed E-state index contributed by atoms with van der Waals surface area (Å²) >= 11 is 0. The lowest BCUT2D eigenvalue weighted by Gasteiger charge is -2.01. The fourth-order valence-electron chi connectivity index (χ4n) is 0.247. The normalized spacial score (nSPS) is 15.9. The molecule has 0 aliphatic heterocycles. The van der Waals surface area contributed by atoms with Gasteiger partial charge in [-0.15, -0.1) is 0 Å². The molecule has 0 rings (SSSR count). The van der Waals surface area contributed by atoms with Crippen LogP contribution in [-0.4, -0.2) is 26.0 Å². The second kappa shape index (κ2) is 2.43. The van der Waals surface area contributed by atoms with Crippen LogP contribution in [0.4, 0.5) is 0 Å². The van der Waals surface area contributed by atoms with Gasteiger partial charge in [0.25, 0.3) is 0 Å². The second-order valence-electron chi connectivity index (χ2n) is 1.41. The molecule has 4 nitrogen and oxygen atoms in total. The summed E-state index contributed by atoms with van der Waals surface area (Å²) in [4.78, 5) is 0. The van der Waals surface area contributed by atoms with Crippen molar-refractivity contribution in [3.8, 4) is 0 Å². The van der Waals surface area contributed by atoms with E-state index in [-0.39, 0.29) is 0 Å². The van der Waals surface area contributed by atoms with Crippen molar-refractivity contribution in [3.05, 3.63) is 6.92 Å². The van der Waals surface area contributed by atoms with Gasteiger partial charge in [-0.05, 0) is 6.92 Å². The van der Waals surface area contributed by atoms with Crippen LogP contribution in [0.2, 0.25) is 0 Å². The van der Waals surface area contributed by atoms with Crippen LogP contribution in [-0.2, 0) is 10.0 Å². The highest BCUT2D eigenvalue weighted by Gasteiger charge is 2.02. The maximum Gasteiger partial charge on any atom is 0.210 e. The molecule has 0 saturated carbocycles. The highest BCUT2D eigenvalue weighted by atomic mass is 32.2. The van der Waals surface area contributed by atoms with E-state index < -0.39 is 16.3 Å². The standard InChI is InChI=1S/C3H8NO3S/c1-3(5)4-8(2,6)7/h3-5H,1H2,2H3. The van der Waals surface area contributed by atoms with E-state index in [4.69, 9.17) is 5.11 Å². The van der Waals surface area contributed by atoms with Gasteiger partial charge in [0.2, 0.25) is 10.0 Å². The molecular weight excluding hydrogens is 130 g/mol. The first kappa shape index (κ1) is 7.87. The van der Waals surface area contributed by atoms with Crippen molar-refractivity contribution in [3.63, 3.8) is 0 Å². The summed E-state index contributed by atoms with van der Waals surface area (Å²) < 4.78 is 22.1. The number of rotatable bonds is 2. The van der Waals surface area contributed by atoms with E-state index in [1.807, 2.05) is 0 Å². The number of hydrogen-bond donors (Lipinski definition) is 2. The van der Waals surface area contributed by atoms with Crippen LogP contribution >= 0.6 is 0 Å². The molecule has 2 N–H and O–H groups in total. The Morgan fingerprint density at radius 3 is 2.12 bits per heavy atom. The first-order valence-corrected chi connectivity index (χ1v) is 3.79. The summed E-state index contributed by atoms with van der Waals surface area (Å²) in [6, 6.07) is 0. The number of aliphatic hydroxyl groups excluding tert-OH is 1. The molecule has 5 heteroatoms. The van der Waals surface area contributed by atoms with Crippen LogP contribution in [0.5, 0.6) is 0 Å². The average molecular weight is 138 g/mol. The molecule has 1 atom stereocenters. The molecule has 0 spiro atoms. The number of nitrogens with one attached hydrogen (secondary N) is 1. The van der Waals surface area contributed by atoms with Crippen LogP contribution in [0.1, 0.15) is 0 Å². The smallest absolute Gasteiger partial charge is 0.210 e. The van der Waals surface area contributed by atoms with E-state index in [9.17, 15) is 8.42 Å². The van der Waals surface area contributed by atoms with Crippen molar-refractivity contribution in [1.82, 2.24) is 4.72 Å². The van der Waals surface area contributed by atoms with Crippen molar-refractivity contribution < 1.29 is 13.5 Å². The van der Waals surface area contributed by atoms with Crippen molar-refractivity contribution in [2.75, 3.05) is 6.26 Å². The molecule has 0 heterocycles. The van der Waals surface area contributed by atoms with Crippen LogP contribution < -0.4 is 4.72 Å². The molecule has 0 aromatic heterocycles. The Hall–Kier alpha value is -0.130. The Balaban J connectivity index is 3.75. The van der Waals surface area contributed by atoms with Gasteiger partial charge in [0, 0.05) is 0 Å². The van der Waals surface area contributed by atoms with Crippen molar-refractivity contribution in [2.24, 2.45) is 0 Å². The monoisotopic (exact) mass is 138 g/mol. The summed E-state index contributed by atoms with van der Waals surface area (Å²) in [7, 11) is -3.29. The molecule has 0 aromatic rings. The second-order valence-corrected chi connectivity index (χ2v) is 3.19. The SMILES string of the molecule is [CH2]C(O)NS(C)(=O)=O. The van der Waals surface area contributed by atoms with Gasteiger partial charge in [-0.25, -0.2) is 8.42 Å². The lowest BCUT2D eigenvalue weighted by atomic mass is 10.7. The summed E-state index contributed by atoms with van der Waals surface area (Å²) in [6.45, 7) is 2.99. The van der Waals surface area contributed by atoms with Crippen molar-refractivity contribution in [1.29, 1.82) is 0 Å². The van der Waals surface area contributed by atoms with E-state index in [1.165, 1.54) is 0 Å². The predicted octanol–water partition coefficient (Wildman–Crippen LogP) is -1.31. The fourth-order valence-corrected chi connectivity index (χ4v) is 0.741. The number of hydrogen-bond acceptors (Lipinski definition) is 3. The first-order valence-electron chi connectivity index (χ1n) is 1.90. The molecule has 0 aromatic carbocycles. The highest BCUT2D eigenvalue weighted by Crippen LogP contribution is 1.76. The van der Waals surface area contributed by atoms with Crippen molar-refractivity contribution >= 4 is 10.0 Å². The zero-order valence-electron chi connectivity index (χ0n) is 4.46. The van der Waals surface area contributed by atoms with Gasteiger partial charge in [0.15, 0.2) is 0 Å². The van der Waals surface area contributed by atoms with E-state index in [2.05, 4.69) is 6.92 Å². The molecule has 0 aliphatic rings. The van der Waals surface area contributed by atoms with Crippen LogP contribution in [0.25, 0.3) is 0 Å². The van der Waals surface area contributed by atoms with Gasteiger partial charge in [-0.2, -0.15) is 4.72 Å². The molecule has 1 radical (unpaired) electrons. The maximum atomic E-state index is 10.1. The van der Waals surface area contributed by atoms with E-state index >= 15 is 0 Å². The first-order chi connectivity index (χ1) is 3.42. The molecule has 0 amide bonds. The predicted molar refractivity (Wildman–Crippen MR) is 29.3 cm³/mol. The lowest BCUT2D eigenvalue weighted by Crippen LogP contribution is -2.31. The fraction of sp³-hybridized carbons (Fsp3) is 0.667. The Kier molecular flexibility index (Phi) is 2.39. The Bertz CT molecular complexity index is 148. The van der Waals surface area contributed by atoms with Gasteiger partial charge in [-0.3, -0.25) is 0 Å². The number of aliphatic hydroxyl groups is 1. The number of sulfonamides is 1. The third kappa shape index (κ3) is 5.87. The zero-order chi connectivity index (χ0) is 6.78. The highest BCUT2D eigenvalue weighted by molar-refractivity contribution is 7.88.